The molecule has 1 heterocycles. The number of aliphatic hydroxyl groups is 1. The summed E-state index contributed by atoms with van der Waals surface area (Å²) in [6.07, 6.45) is -0.567. The van der Waals surface area contributed by atoms with Gasteiger partial charge in [-0.1, -0.05) is 0 Å². The van der Waals surface area contributed by atoms with E-state index >= 15 is 0 Å². The van der Waals surface area contributed by atoms with Crippen LogP contribution < -0.4 is 0 Å². The minimum Gasteiger partial charge on any atom is -0.467 e. The zero-order chi connectivity index (χ0) is 20.5. The molecule has 0 amide bonds. The lowest BCUT2D eigenvalue weighted by molar-refractivity contribution is -0.448. The lowest BCUT2D eigenvalue weighted by Gasteiger charge is -2.55. The Labute approximate surface area is 158 Å². The van der Waals surface area contributed by atoms with Crippen LogP contribution in [0.25, 0.3) is 0 Å². The van der Waals surface area contributed by atoms with E-state index in [0.29, 0.717) is 5.57 Å². The Kier molecular flexibility index (Phi) is 6.33. The van der Waals surface area contributed by atoms with Crippen LogP contribution in [0.2, 0.25) is 0 Å². The van der Waals surface area contributed by atoms with Gasteiger partial charge in [-0.3, -0.25) is 0 Å². The first-order valence-electron chi connectivity index (χ1n) is 8.72. The minimum absolute atomic E-state index is 0.0940. The summed E-state index contributed by atoms with van der Waals surface area (Å²) in [5.41, 5.74) is -1.52. The molecule has 0 aromatic heterocycles. The molecule has 0 radical (unpaired) electrons. The van der Waals surface area contributed by atoms with Crippen LogP contribution in [0.4, 0.5) is 0 Å². The lowest BCUT2D eigenvalue weighted by atomic mass is 9.76. The van der Waals surface area contributed by atoms with Crippen LogP contribution in [0.1, 0.15) is 33.6 Å². The van der Waals surface area contributed by atoms with Gasteiger partial charge in [-0.2, -0.15) is 0 Å². The molecule has 1 aliphatic carbocycles. The van der Waals surface area contributed by atoms with E-state index in [2.05, 4.69) is 0 Å². The molecule has 1 aliphatic heterocycles. The van der Waals surface area contributed by atoms with Crippen LogP contribution >= 0.6 is 0 Å². The number of rotatable bonds is 5. The Morgan fingerprint density at radius 2 is 1.78 bits per heavy atom. The molecule has 1 saturated heterocycles. The van der Waals surface area contributed by atoms with Gasteiger partial charge >= 0.3 is 11.9 Å². The summed E-state index contributed by atoms with van der Waals surface area (Å²) < 4.78 is 32.8. The first-order valence-corrected chi connectivity index (χ1v) is 8.72. The fourth-order valence-electron chi connectivity index (χ4n) is 3.47. The maximum absolute atomic E-state index is 12.2. The highest BCUT2D eigenvalue weighted by Crippen LogP contribution is 2.47. The van der Waals surface area contributed by atoms with E-state index in [1.54, 1.807) is 20.8 Å². The van der Waals surface area contributed by atoms with Gasteiger partial charge < -0.3 is 33.5 Å². The number of carbonyl (C=O) groups is 2. The van der Waals surface area contributed by atoms with Crippen molar-refractivity contribution in [3.05, 3.63) is 11.6 Å². The second kappa shape index (κ2) is 7.84. The van der Waals surface area contributed by atoms with Crippen LogP contribution in [0.3, 0.4) is 0 Å². The second-order valence-corrected chi connectivity index (χ2v) is 6.87. The zero-order valence-corrected chi connectivity index (χ0v) is 16.6. The van der Waals surface area contributed by atoms with Crippen molar-refractivity contribution < 1.29 is 43.1 Å². The molecule has 2 rings (SSSR count). The van der Waals surface area contributed by atoms with Gasteiger partial charge in [-0.25, -0.2) is 9.59 Å². The Morgan fingerprint density at radius 3 is 2.30 bits per heavy atom. The van der Waals surface area contributed by atoms with Gasteiger partial charge in [0.05, 0.1) is 19.8 Å². The second-order valence-electron chi connectivity index (χ2n) is 6.87. The lowest BCUT2D eigenvalue weighted by Crippen LogP contribution is -2.68. The third-order valence-electron chi connectivity index (χ3n) is 5.23. The molecule has 0 aromatic carbocycles. The molecule has 9 nitrogen and oxygen atoms in total. The van der Waals surface area contributed by atoms with Crippen LogP contribution in [0.5, 0.6) is 0 Å². The number of fused-ring (bicyclic) bond motifs is 1. The highest BCUT2D eigenvalue weighted by atomic mass is 16.8. The van der Waals surface area contributed by atoms with E-state index in [0.717, 1.165) is 0 Å². The first kappa shape index (κ1) is 21.8. The molecule has 5 atom stereocenters. The van der Waals surface area contributed by atoms with E-state index in [9.17, 15) is 14.7 Å². The molecule has 0 aromatic rings. The summed E-state index contributed by atoms with van der Waals surface area (Å²) in [5.74, 6) is -4.04. The third kappa shape index (κ3) is 3.88. The summed E-state index contributed by atoms with van der Waals surface area (Å²) >= 11 is 0. The number of carbonyl (C=O) groups excluding carboxylic acids is 2. The number of esters is 2. The van der Waals surface area contributed by atoms with Gasteiger partial charge in [0, 0.05) is 33.1 Å². The standard InChI is InChI=1S/C18H28O9/c1-7-25-13(19)8-11-9-18(21,15(20)22-4)10-12-14(11)27-17(3,24-6)16(2,23-5)26-12/h8,12,14,21H,7,9-10H2,1-6H3/b11-8+/t12-,14-,16+,17+,18+/m1/s1. The van der Waals surface area contributed by atoms with Gasteiger partial charge in [0.15, 0.2) is 5.60 Å². The fourth-order valence-corrected chi connectivity index (χ4v) is 3.47. The van der Waals surface area contributed by atoms with Crippen LogP contribution in [0.15, 0.2) is 11.6 Å². The molecule has 1 saturated carbocycles. The molecular weight excluding hydrogens is 360 g/mol. The number of hydrogen-bond acceptors (Lipinski definition) is 9. The van der Waals surface area contributed by atoms with E-state index in [1.807, 2.05) is 0 Å². The van der Waals surface area contributed by atoms with Crippen molar-refractivity contribution in [2.24, 2.45) is 0 Å². The van der Waals surface area contributed by atoms with E-state index < -0.39 is 41.3 Å². The van der Waals surface area contributed by atoms with Crippen molar-refractivity contribution in [1.29, 1.82) is 0 Å². The van der Waals surface area contributed by atoms with E-state index in [1.165, 1.54) is 27.4 Å². The summed E-state index contributed by atoms with van der Waals surface area (Å²) in [7, 11) is 4.07. The molecule has 1 N–H and O–H groups in total. The molecular formula is C18H28O9. The van der Waals surface area contributed by atoms with Crippen LogP contribution in [0, 0.1) is 0 Å². The number of methoxy groups -OCH3 is 3. The Hall–Kier alpha value is -1.52. The minimum atomic E-state index is -1.87. The maximum Gasteiger partial charge on any atom is 0.338 e. The van der Waals surface area contributed by atoms with Gasteiger partial charge in [-0.15, -0.1) is 0 Å². The van der Waals surface area contributed by atoms with Crippen molar-refractivity contribution in [3.63, 3.8) is 0 Å². The zero-order valence-electron chi connectivity index (χ0n) is 16.6. The predicted octanol–water partition coefficient (Wildman–Crippen LogP) is 0.683. The SMILES string of the molecule is CCOC(=O)/C=C1\C[C@@](O)(C(=O)OC)C[C@H]2O[C@](C)(OC)[C@@](C)(OC)O[C@H]12. The van der Waals surface area contributed by atoms with Crippen molar-refractivity contribution in [3.8, 4) is 0 Å². The van der Waals surface area contributed by atoms with E-state index in [-0.39, 0.29) is 19.4 Å². The predicted molar refractivity (Wildman–Crippen MR) is 91.5 cm³/mol. The van der Waals surface area contributed by atoms with Crippen molar-refractivity contribution >= 4 is 11.9 Å². The monoisotopic (exact) mass is 388 g/mol. The molecule has 9 heteroatoms. The average molecular weight is 388 g/mol. The topological polar surface area (TPSA) is 110 Å². The third-order valence-corrected chi connectivity index (χ3v) is 5.23. The molecule has 27 heavy (non-hydrogen) atoms. The van der Waals surface area contributed by atoms with E-state index in [4.69, 9.17) is 28.4 Å². The quantitative estimate of drug-likeness (QED) is 0.537. The van der Waals surface area contributed by atoms with Crippen LogP contribution in [-0.2, 0) is 38.0 Å². The number of hydrogen-bond donors (Lipinski definition) is 1. The molecule has 2 fully saturated rings. The Morgan fingerprint density at radius 1 is 1.19 bits per heavy atom. The molecule has 0 unspecified atom stereocenters. The van der Waals surface area contributed by atoms with Crippen molar-refractivity contribution in [2.45, 2.75) is 63.0 Å². The van der Waals surface area contributed by atoms with Gasteiger partial charge in [0.1, 0.15) is 6.10 Å². The Bertz CT molecular complexity index is 618. The first-order chi connectivity index (χ1) is 12.6. The van der Waals surface area contributed by atoms with Crippen molar-refractivity contribution in [1.82, 2.24) is 0 Å². The largest absolute Gasteiger partial charge is 0.467 e. The normalized spacial score (nSPS) is 40.3. The fraction of sp³-hybridized carbons (Fsp3) is 0.778. The summed E-state index contributed by atoms with van der Waals surface area (Å²) in [6, 6.07) is 0. The van der Waals surface area contributed by atoms with Gasteiger partial charge in [0.25, 0.3) is 0 Å². The summed E-state index contributed by atoms with van der Waals surface area (Å²) in [4.78, 5) is 24.2. The average Bonchev–Trinajstić information content (AvgIpc) is 2.62. The maximum atomic E-state index is 12.2. The highest BCUT2D eigenvalue weighted by molar-refractivity contribution is 5.84. The van der Waals surface area contributed by atoms with Crippen molar-refractivity contribution in [2.75, 3.05) is 27.9 Å². The smallest absolute Gasteiger partial charge is 0.338 e. The molecule has 2 aliphatic rings. The molecule has 0 spiro atoms. The summed E-state index contributed by atoms with van der Waals surface area (Å²) in [5, 5.41) is 10.8. The highest BCUT2D eigenvalue weighted by Gasteiger charge is 2.61. The van der Waals surface area contributed by atoms with Crippen LogP contribution in [-0.4, -0.2) is 74.4 Å². The molecule has 154 valence electrons. The van der Waals surface area contributed by atoms with Gasteiger partial charge in [0.2, 0.25) is 11.6 Å². The van der Waals surface area contributed by atoms with Gasteiger partial charge in [-0.05, 0) is 26.3 Å². The number of ether oxygens (including phenoxy) is 6. The molecule has 0 bridgehead atoms. The summed E-state index contributed by atoms with van der Waals surface area (Å²) in [6.45, 7) is 5.15. The Balaban J connectivity index is 2.46.